The first-order valence-corrected chi connectivity index (χ1v) is 9.55. The number of allylic oxidation sites excluding steroid dienone is 1. The van der Waals surface area contributed by atoms with Crippen LogP contribution < -0.4 is 5.32 Å². The van der Waals surface area contributed by atoms with E-state index in [0.29, 0.717) is 19.4 Å². The van der Waals surface area contributed by atoms with Gasteiger partial charge >= 0.3 is 0 Å². The molecule has 2 amide bonds. The van der Waals surface area contributed by atoms with Gasteiger partial charge in [-0.3, -0.25) is 9.59 Å². The van der Waals surface area contributed by atoms with Crippen LogP contribution >= 0.6 is 0 Å². The van der Waals surface area contributed by atoms with Gasteiger partial charge in [0.1, 0.15) is 0 Å². The zero-order chi connectivity index (χ0) is 19.6. The number of nitrogens with zero attached hydrogens (tertiary/aromatic N) is 1. The van der Waals surface area contributed by atoms with Crippen LogP contribution in [0.1, 0.15) is 31.2 Å². The molecular weight excluding hydrogens is 344 g/mol. The molecule has 0 bridgehead atoms. The molecule has 0 unspecified atom stereocenters. The predicted molar refractivity (Wildman–Crippen MR) is 104 cm³/mol. The summed E-state index contributed by atoms with van der Waals surface area (Å²) in [7, 11) is 0. The van der Waals surface area contributed by atoms with Gasteiger partial charge in [0.15, 0.2) is 0 Å². The van der Waals surface area contributed by atoms with Gasteiger partial charge in [-0.1, -0.05) is 36.4 Å². The summed E-state index contributed by atoms with van der Waals surface area (Å²) in [6.07, 6.45) is 4.30. The number of hydrogen-bond acceptors (Lipinski definition) is 4. The monoisotopic (exact) mass is 374 g/mol. The molecule has 0 saturated carbocycles. The third kappa shape index (κ3) is 6.19. The zero-order valence-electron chi connectivity index (χ0n) is 15.7. The van der Waals surface area contributed by atoms with Gasteiger partial charge in [-0.05, 0) is 31.2 Å². The molecule has 27 heavy (non-hydrogen) atoms. The largest absolute Gasteiger partial charge is 0.394 e. The molecule has 1 aromatic carbocycles. The number of carbonyl (C=O) groups excluding carboxylic acids is 2. The van der Waals surface area contributed by atoms with E-state index < -0.39 is 12.0 Å². The van der Waals surface area contributed by atoms with Crippen LogP contribution in [0.15, 0.2) is 43.0 Å². The van der Waals surface area contributed by atoms with E-state index in [-0.39, 0.29) is 37.5 Å². The first-order chi connectivity index (χ1) is 13.1. The lowest BCUT2D eigenvalue weighted by Gasteiger charge is -2.26. The van der Waals surface area contributed by atoms with E-state index in [1.807, 2.05) is 30.3 Å². The van der Waals surface area contributed by atoms with Crippen LogP contribution in [0.2, 0.25) is 0 Å². The molecule has 6 nitrogen and oxygen atoms in total. The SMILES string of the molecule is C=CC[C@H](CC(=O)N1CCC[C@H]1CO)C(=O)N[C@@H](CO)Cc1ccccc1. The first-order valence-electron chi connectivity index (χ1n) is 9.55. The Kier molecular flexibility index (Phi) is 8.48. The standard InChI is InChI=1S/C21H30N2O4/c1-2-7-17(13-20(26)23-11-6-10-19(23)15-25)21(27)22-18(14-24)12-16-8-4-3-5-9-16/h2-5,8-9,17-19,24-25H,1,6-7,10-15H2,(H,22,27)/t17-,18-,19+/m1/s1. The highest BCUT2D eigenvalue weighted by Crippen LogP contribution is 2.21. The molecule has 3 N–H and O–H groups in total. The lowest BCUT2D eigenvalue weighted by atomic mass is 9.98. The fraction of sp³-hybridized carbons (Fsp3) is 0.524. The molecule has 0 spiro atoms. The predicted octanol–water partition coefficient (Wildman–Crippen LogP) is 1.27. The van der Waals surface area contributed by atoms with Gasteiger partial charge in [-0.2, -0.15) is 0 Å². The second kappa shape index (κ2) is 10.8. The molecule has 2 rings (SSSR count). The van der Waals surface area contributed by atoms with E-state index in [1.165, 1.54) is 0 Å². The molecule has 1 heterocycles. The van der Waals surface area contributed by atoms with Crippen LogP contribution in [-0.4, -0.2) is 58.8 Å². The van der Waals surface area contributed by atoms with E-state index in [2.05, 4.69) is 11.9 Å². The Morgan fingerprint density at radius 3 is 2.67 bits per heavy atom. The second-order valence-corrected chi connectivity index (χ2v) is 7.07. The number of rotatable bonds is 10. The Labute approximate surface area is 160 Å². The molecular formula is C21H30N2O4. The number of benzene rings is 1. The average Bonchev–Trinajstić information content (AvgIpc) is 3.16. The number of aliphatic hydroxyl groups excluding tert-OH is 2. The number of hydrogen-bond donors (Lipinski definition) is 3. The summed E-state index contributed by atoms with van der Waals surface area (Å²) in [5.74, 6) is -0.894. The molecule has 1 fully saturated rings. The number of nitrogens with one attached hydrogen (secondary N) is 1. The fourth-order valence-corrected chi connectivity index (χ4v) is 3.55. The molecule has 3 atom stereocenters. The van der Waals surface area contributed by atoms with Crippen molar-refractivity contribution >= 4 is 11.8 Å². The van der Waals surface area contributed by atoms with Crippen LogP contribution in [0.3, 0.4) is 0 Å². The van der Waals surface area contributed by atoms with Gasteiger partial charge in [0, 0.05) is 13.0 Å². The molecule has 1 aliphatic heterocycles. The lowest BCUT2D eigenvalue weighted by Crippen LogP contribution is -2.44. The van der Waals surface area contributed by atoms with Crippen molar-refractivity contribution in [2.24, 2.45) is 5.92 Å². The minimum atomic E-state index is -0.528. The molecule has 148 valence electrons. The summed E-state index contributed by atoms with van der Waals surface area (Å²) in [4.78, 5) is 27.0. The van der Waals surface area contributed by atoms with E-state index >= 15 is 0 Å². The third-order valence-electron chi connectivity index (χ3n) is 5.04. The highest BCUT2D eigenvalue weighted by atomic mass is 16.3. The Morgan fingerprint density at radius 2 is 2.04 bits per heavy atom. The molecule has 1 aliphatic rings. The van der Waals surface area contributed by atoms with Crippen LogP contribution in [0.5, 0.6) is 0 Å². The van der Waals surface area contributed by atoms with Crippen molar-refractivity contribution in [1.29, 1.82) is 0 Å². The van der Waals surface area contributed by atoms with Crippen molar-refractivity contribution in [3.63, 3.8) is 0 Å². The summed E-state index contributed by atoms with van der Waals surface area (Å²) < 4.78 is 0. The molecule has 0 aliphatic carbocycles. The van der Waals surface area contributed by atoms with Crippen LogP contribution in [0.25, 0.3) is 0 Å². The summed E-state index contributed by atoms with van der Waals surface area (Å²) in [5.41, 5.74) is 1.02. The number of likely N-dealkylation sites (tertiary alicyclic amines) is 1. The smallest absolute Gasteiger partial charge is 0.224 e. The van der Waals surface area contributed by atoms with Gasteiger partial charge in [0.05, 0.1) is 31.2 Å². The van der Waals surface area contributed by atoms with Gasteiger partial charge in [0.25, 0.3) is 0 Å². The van der Waals surface area contributed by atoms with Gasteiger partial charge in [-0.25, -0.2) is 0 Å². The number of amides is 2. The van der Waals surface area contributed by atoms with E-state index in [0.717, 1.165) is 18.4 Å². The molecule has 1 aromatic rings. The van der Waals surface area contributed by atoms with Crippen molar-refractivity contribution in [2.75, 3.05) is 19.8 Å². The molecule has 1 saturated heterocycles. The van der Waals surface area contributed by atoms with Crippen LogP contribution in [-0.2, 0) is 16.0 Å². The number of aliphatic hydroxyl groups is 2. The van der Waals surface area contributed by atoms with Crippen molar-refractivity contribution in [1.82, 2.24) is 10.2 Å². The van der Waals surface area contributed by atoms with Crippen LogP contribution in [0.4, 0.5) is 0 Å². The summed E-state index contributed by atoms with van der Waals surface area (Å²) in [6.45, 7) is 4.10. The van der Waals surface area contributed by atoms with Crippen molar-refractivity contribution in [3.8, 4) is 0 Å². The molecule has 6 heteroatoms. The maximum atomic E-state index is 12.7. The summed E-state index contributed by atoms with van der Waals surface area (Å²) in [5, 5.41) is 21.9. The normalized spacial score (nSPS) is 18.7. The van der Waals surface area contributed by atoms with E-state index in [4.69, 9.17) is 0 Å². The minimum absolute atomic E-state index is 0.0479. The van der Waals surface area contributed by atoms with Crippen molar-refractivity contribution in [3.05, 3.63) is 48.6 Å². The van der Waals surface area contributed by atoms with Crippen LogP contribution in [0, 0.1) is 5.92 Å². The maximum absolute atomic E-state index is 12.7. The topological polar surface area (TPSA) is 89.9 Å². The summed E-state index contributed by atoms with van der Waals surface area (Å²) >= 11 is 0. The van der Waals surface area contributed by atoms with Crippen molar-refractivity contribution < 1.29 is 19.8 Å². The lowest BCUT2D eigenvalue weighted by molar-refractivity contribution is -0.137. The Bertz CT molecular complexity index is 620. The number of carbonyl (C=O) groups is 2. The Balaban J connectivity index is 1.96. The average molecular weight is 374 g/mol. The first kappa shape index (κ1) is 21.1. The summed E-state index contributed by atoms with van der Waals surface area (Å²) in [6, 6.07) is 9.09. The minimum Gasteiger partial charge on any atom is -0.394 e. The molecule has 0 radical (unpaired) electrons. The van der Waals surface area contributed by atoms with Gasteiger partial charge in [-0.15, -0.1) is 6.58 Å². The van der Waals surface area contributed by atoms with Crippen molar-refractivity contribution in [2.45, 2.75) is 44.2 Å². The van der Waals surface area contributed by atoms with E-state index in [9.17, 15) is 19.8 Å². The molecule has 0 aromatic heterocycles. The van der Waals surface area contributed by atoms with Gasteiger partial charge in [0.2, 0.25) is 11.8 Å². The second-order valence-electron chi connectivity index (χ2n) is 7.07. The Hall–Kier alpha value is -2.18. The zero-order valence-corrected chi connectivity index (χ0v) is 15.7. The quantitative estimate of drug-likeness (QED) is 0.538. The van der Waals surface area contributed by atoms with Gasteiger partial charge < -0.3 is 20.4 Å². The third-order valence-corrected chi connectivity index (χ3v) is 5.04. The fourth-order valence-electron chi connectivity index (χ4n) is 3.55. The Morgan fingerprint density at radius 1 is 1.30 bits per heavy atom. The highest BCUT2D eigenvalue weighted by Gasteiger charge is 2.31. The highest BCUT2D eigenvalue weighted by molar-refractivity contribution is 5.86. The van der Waals surface area contributed by atoms with E-state index in [1.54, 1.807) is 11.0 Å². The maximum Gasteiger partial charge on any atom is 0.224 e.